The Morgan fingerprint density at radius 2 is 0.767 bits per heavy atom. The smallest absolute Gasteiger partial charge is 0.102 e. The molecule has 4 aromatic carbocycles. The first-order chi connectivity index (χ1) is 20.8. The molecule has 0 saturated heterocycles. The number of hydrogen-bond acceptors (Lipinski definition) is 4. The SMILES string of the molecule is [Pt].c1ccc(/N=C2\[N-]/C(=N\c3ccccn3)c3ccccc32)nc1.c1ccc([PH+](c2ccccc2)c2ccccc2)cc1. The van der Waals surface area contributed by atoms with Gasteiger partial charge in [0.1, 0.15) is 15.9 Å². The Kier molecular flexibility index (Phi) is 10.5. The van der Waals surface area contributed by atoms with Crippen LogP contribution in [0.2, 0.25) is 0 Å². The average Bonchev–Trinajstić information content (AvgIpc) is 3.40. The molecule has 0 saturated carbocycles. The number of nitrogens with zero attached hydrogens (tertiary/aromatic N) is 5. The molecule has 0 radical (unpaired) electrons. The van der Waals surface area contributed by atoms with E-state index in [0.29, 0.717) is 23.3 Å². The number of amidine groups is 2. The summed E-state index contributed by atoms with van der Waals surface area (Å²) in [6.07, 6.45) is 3.42. The largest absolute Gasteiger partial charge is 0.357 e. The molecule has 43 heavy (non-hydrogen) atoms. The molecule has 2 aromatic heterocycles. The van der Waals surface area contributed by atoms with Crippen LogP contribution in [0, 0.1) is 0 Å². The number of aliphatic imine (C=N–C) groups is 2. The van der Waals surface area contributed by atoms with Crippen molar-refractivity contribution in [3.05, 3.63) is 180 Å². The van der Waals surface area contributed by atoms with E-state index in [1.54, 1.807) is 12.4 Å². The van der Waals surface area contributed by atoms with Gasteiger partial charge in [0.05, 0.1) is 19.6 Å². The number of fused-ring (bicyclic) bond motifs is 1. The van der Waals surface area contributed by atoms with Gasteiger partial charge in [0.2, 0.25) is 0 Å². The zero-order chi connectivity index (χ0) is 28.4. The first-order valence-corrected chi connectivity index (χ1v) is 15.2. The second-order valence-electron chi connectivity index (χ2n) is 9.38. The molecule has 0 spiro atoms. The van der Waals surface area contributed by atoms with Crippen molar-refractivity contribution in [3.63, 3.8) is 0 Å². The van der Waals surface area contributed by atoms with Crippen molar-refractivity contribution in [2.45, 2.75) is 0 Å². The fraction of sp³-hybridized carbons (Fsp3) is 0. The van der Waals surface area contributed by atoms with Crippen LogP contribution in [-0.4, -0.2) is 21.6 Å². The molecular weight excluding hydrogens is 728 g/mol. The van der Waals surface area contributed by atoms with Crippen LogP contribution < -0.4 is 15.9 Å². The van der Waals surface area contributed by atoms with Crippen LogP contribution in [0.5, 0.6) is 0 Å². The molecule has 7 rings (SSSR count). The van der Waals surface area contributed by atoms with Gasteiger partial charge in [-0.15, -0.1) is 0 Å². The van der Waals surface area contributed by atoms with Gasteiger partial charge < -0.3 is 15.3 Å². The third kappa shape index (κ3) is 7.64. The molecule has 0 fully saturated rings. The molecule has 212 valence electrons. The molecule has 3 heterocycles. The van der Waals surface area contributed by atoms with Gasteiger partial charge in [0.15, 0.2) is 0 Å². The van der Waals surface area contributed by atoms with Gasteiger partial charge >= 0.3 is 0 Å². The molecule has 0 bridgehead atoms. The van der Waals surface area contributed by atoms with Crippen molar-refractivity contribution in [1.29, 1.82) is 0 Å². The van der Waals surface area contributed by atoms with E-state index in [4.69, 9.17) is 0 Å². The summed E-state index contributed by atoms with van der Waals surface area (Å²) in [6.45, 7) is 0. The van der Waals surface area contributed by atoms with E-state index in [0.717, 1.165) is 11.1 Å². The maximum Gasteiger partial charge on any atom is 0.102 e. The summed E-state index contributed by atoms with van der Waals surface area (Å²) in [5.41, 5.74) is 1.90. The fourth-order valence-electron chi connectivity index (χ4n) is 4.64. The molecule has 0 N–H and O–H groups in total. The van der Waals surface area contributed by atoms with Crippen LogP contribution in [0.25, 0.3) is 5.32 Å². The molecule has 1 aliphatic rings. The third-order valence-electron chi connectivity index (χ3n) is 6.55. The Balaban J connectivity index is 0.000000170. The van der Waals surface area contributed by atoms with Gasteiger partial charge in [-0.05, 0) is 71.8 Å². The summed E-state index contributed by atoms with van der Waals surface area (Å²) in [4.78, 5) is 17.5. The van der Waals surface area contributed by atoms with Crippen LogP contribution in [0.15, 0.2) is 174 Å². The second-order valence-corrected chi connectivity index (χ2v) is 11.9. The van der Waals surface area contributed by atoms with Crippen molar-refractivity contribution in [3.8, 4) is 0 Å². The van der Waals surface area contributed by atoms with Crippen LogP contribution in [-0.2, 0) is 21.1 Å². The summed E-state index contributed by atoms with van der Waals surface area (Å²) >= 11 is 0. The van der Waals surface area contributed by atoms with Crippen LogP contribution >= 0.6 is 7.92 Å². The van der Waals surface area contributed by atoms with Gasteiger partial charge in [-0.25, -0.2) is 0 Å². The number of hydrogen-bond donors (Lipinski definition) is 0. The average molecular weight is 757 g/mol. The Morgan fingerprint density at radius 3 is 1.12 bits per heavy atom. The Labute approximate surface area is 267 Å². The zero-order valence-corrected chi connectivity index (χ0v) is 26.4. The van der Waals surface area contributed by atoms with Gasteiger partial charge in [-0.2, -0.15) is 0 Å². The quantitative estimate of drug-likeness (QED) is 0.175. The first kappa shape index (κ1) is 29.9. The van der Waals surface area contributed by atoms with E-state index in [1.807, 2.05) is 60.7 Å². The van der Waals surface area contributed by atoms with Crippen molar-refractivity contribution in [1.82, 2.24) is 9.97 Å². The predicted molar refractivity (Wildman–Crippen MR) is 177 cm³/mol. The van der Waals surface area contributed by atoms with Gasteiger partial charge in [-0.3, -0.25) is 9.97 Å². The molecule has 0 unspecified atom stereocenters. The van der Waals surface area contributed by atoms with Crippen molar-refractivity contribution >= 4 is 47.1 Å². The van der Waals surface area contributed by atoms with E-state index in [9.17, 15) is 0 Å². The molecule has 0 atom stereocenters. The van der Waals surface area contributed by atoms with Crippen molar-refractivity contribution in [2.24, 2.45) is 9.98 Å². The normalized spacial score (nSPS) is 13.4. The van der Waals surface area contributed by atoms with Crippen molar-refractivity contribution in [2.75, 3.05) is 0 Å². The Bertz CT molecular complexity index is 1620. The van der Waals surface area contributed by atoms with E-state index >= 15 is 0 Å². The van der Waals surface area contributed by atoms with Crippen LogP contribution in [0.1, 0.15) is 11.1 Å². The standard InChI is InChI=1S/C18H12N5.C18H15P.Pt/c1-2-8-14-13(7-1)17(21-15-9-3-5-11-19-15)23-18(14)22-16-10-4-6-12-20-16;1-4-10-16(11-5-1)19(17-12-6-2-7-13-17)18-14-8-3-9-15-18;/h1-12H;1-15H;/q-1;;/p+1. The summed E-state index contributed by atoms with van der Waals surface area (Å²) < 4.78 is 0. The minimum Gasteiger partial charge on any atom is -0.357 e. The maximum atomic E-state index is 4.57. The minimum atomic E-state index is -0.877. The summed E-state index contributed by atoms with van der Waals surface area (Å²) in [5.74, 6) is 2.49. The van der Waals surface area contributed by atoms with Gasteiger partial charge in [-0.1, -0.05) is 91.0 Å². The zero-order valence-electron chi connectivity index (χ0n) is 23.1. The Morgan fingerprint density at radius 1 is 0.419 bits per heavy atom. The number of pyridine rings is 2. The Hall–Kier alpha value is -4.56. The van der Waals surface area contributed by atoms with Gasteiger partial charge in [0, 0.05) is 45.1 Å². The second kappa shape index (κ2) is 15.1. The van der Waals surface area contributed by atoms with Crippen LogP contribution in [0.3, 0.4) is 0 Å². The summed E-state index contributed by atoms with van der Waals surface area (Å²) in [7, 11) is -0.877. The monoisotopic (exact) mass is 756 g/mol. The van der Waals surface area contributed by atoms with E-state index in [1.165, 1.54) is 15.9 Å². The fourth-order valence-corrected chi connectivity index (χ4v) is 7.21. The molecule has 5 nitrogen and oxygen atoms in total. The molecule has 1 aliphatic heterocycles. The number of rotatable bonds is 5. The van der Waals surface area contributed by atoms with Crippen LogP contribution in [0.4, 0.5) is 11.6 Å². The first-order valence-electron chi connectivity index (χ1n) is 13.7. The number of benzene rings is 4. The molecule has 6 aromatic rings. The van der Waals surface area contributed by atoms with Gasteiger partial charge in [0.25, 0.3) is 0 Å². The number of aromatic nitrogens is 2. The summed E-state index contributed by atoms with van der Waals surface area (Å²) in [5, 5.41) is 8.87. The molecule has 7 heteroatoms. The summed E-state index contributed by atoms with van der Waals surface area (Å²) in [6, 6.07) is 51.6. The minimum absolute atomic E-state index is 0. The predicted octanol–water partition coefficient (Wildman–Crippen LogP) is 7.20. The van der Waals surface area contributed by atoms with E-state index in [-0.39, 0.29) is 21.1 Å². The molecule has 0 aliphatic carbocycles. The molecule has 0 amide bonds. The van der Waals surface area contributed by atoms with E-state index < -0.39 is 7.92 Å². The van der Waals surface area contributed by atoms with Crippen molar-refractivity contribution < 1.29 is 21.1 Å². The topological polar surface area (TPSA) is 64.6 Å². The maximum absolute atomic E-state index is 4.57. The third-order valence-corrected chi connectivity index (χ3v) is 9.28. The molecular formula is C36H28N5PPt. The van der Waals surface area contributed by atoms with E-state index in [2.05, 4.69) is 116 Å².